The average Bonchev–Trinajstić information content (AvgIpc) is 2.48. The molecule has 1 aliphatic rings. The Morgan fingerprint density at radius 3 is 2.64 bits per heavy atom. The zero-order chi connectivity index (χ0) is 10.0. The van der Waals surface area contributed by atoms with Gasteiger partial charge in [0.25, 0.3) is 0 Å². The Morgan fingerprint density at radius 2 is 2.07 bits per heavy atom. The van der Waals surface area contributed by atoms with Crippen LogP contribution in [0.1, 0.15) is 13.8 Å². The Kier molecular flexibility index (Phi) is 2.93. The van der Waals surface area contributed by atoms with Gasteiger partial charge in [-0.3, -0.25) is 0 Å². The molecule has 1 unspecified atom stereocenters. The van der Waals surface area contributed by atoms with Crippen molar-refractivity contribution in [3.8, 4) is 0 Å². The van der Waals surface area contributed by atoms with E-state index in [4.69, 9.17) is 4.84 Å². The van der Waals surface area contributed by atoms with Crippen molar-refractivity contribution in [3.05, 3.63) is 30.3 Å². The summed E-state index contributed by atoms with van der Waals surface area (Å²) in [5.74, 6) is 0. The molecule has 1 aromatic rings. The van der Waals surface area contributed by atoms with Crippen LogP contribution in [-0.2, 0) is 4.84 Å². The monoisotopic (exact) mass is 257 g/mol. The Hall–Kier alpha value is -0.341. The van der Waals surface area contributed by atoms with Gasteiger partial charge in [0.1, 0.15) is 0 Å². The Labute approximate surface area is 91.1 Å². The van der Waals surface area contributed by atoms with Crippen LogP contribution in [0, 0.1) is 0 Å². The fraction of sp³-hybridized carbons (Fsp3) is 0.455. The predicted molar refractivity (Wildman–Crippen MR) is 58.7 cm³/mol. The van der Waals surface area contributed by atoms with Gasteiger partial charge in [0.2, 0.25) is 0 Å². The second kappa shape index (κ2) is 4.03. The van der Waals surface area contributed by atoms with Crippen LogP contribution >= 0.6 is 0 Å². The van der Waals surface area contributed by atoms with E-state index in [2.05, 4.69) is 49.7 Å². The molecule has 1 aliphatic heterocycles. The van der Waals surface area contributed by atoms with Crippen LogP contribution < -0.4 is 9.94 Å². The van der Waals surface area contributed by atoms with Gasteiger partial charge in [0.15, 0.2) is 0 Å². The summed E-state index contributed by atoms with van der Waals surface area (Å²) < 4.78 is 1.45. The molecule has 14 heavy (non-hydrogen) atoms. The molecule has 1 atom stereocenters. The van der Waals surface area contributed by atoms with Crippen LogP contribution in [-0.4, -0.2) is 27.1 Å². The third kappa shape index (κ3) is 2.18. The molecular formula is C11H15NOSe. The molecule has 0 radical (unpaired) electrons. The zero-order valence-electron chi connectivity index (χ0n) is 8.49. The summed E-state index contributed by atoms with van der Waals surface area (Å²) in [4.78, 5) is 5.93. The number of benzene rings is 1. The first-order valence-electron chi connectivity index (χ1n) is 4.79. The van der Waals surface area contributed by atoms with Crippen LogP contribution in [0.4, 0.5) is 0 Å². The summed E-state index contributed by atoms with van der Waals surface area (Å²) in [6.07, 6.45) is 0. The van der Waals surface area contributed by atoms with Crippen LogP contribution in [0.15, 0.2) is 30.3 Å². The predicted octanol–water partition coefficient (Wildman–Crippen LogP) is 1.12. The quantitative estimate of drug-likeness (QED) is 0.801. The van der Waals surface area contributed by atoms with E-state index in [1.807, 2.05) is 0 Å². The first-order chi connectivity index (χ1) is 6.68. The summed E-state index contributed by atoms with van der Waals surface area (Å²) >= 11 is 0.494. The third-order valence-electron chi connectivity index (χ3n) is 2.40. The van der Waals surface area contributed by atoms with Gasteiger partial charge in [-0.2, -0.15) is 0 Å². The molecule has 1 fully saturated rings. The first-order valence-corrected chi connectivity index (χ1v) is 6.64. The second-order valence-corrected chi connectivity index (χ2v) is 6.73. The maximum atomic E-state index is 5.31. The van der Waals surface area contributed by atoms with Crippen molar-refractivity contribution in [2.45, 2.75) is 24.2 Å². The van der Waals surface area contributed by atoms with Gasteiger partial charge < -0.3 is 0 Å². The Bertz CT molecular complexity index is 299. The molecule has 3 heteroatoms. The number of hydrogen-bond acceptors (Lipinski definition) is 2. The zero-order valence-corrected chi connectivity index (χ0v) is 10.2. The van der Waals surface area contributed by atoms with E-state index in [1.165, 1.54) is 4.46 Å². The van der Waals surface area contributed by atoms with E-state index < -0.39 is 0 Å². The van der Waals surface area contributed by atoms with E-state index in [-0.39, 0.29) is 5.54 Å². The van der Waals surface area contributed by atoms with Gasteiger partial charge in [-0.15, -0.1) is 0 Å². The number of hydrogen-bond donors (Lipinski definition) is 1. The molecule has 0 aliphatic carbocycles. The normalized spacial score (nSPS) is 25.1. The van der Waals surface area contributed by atoms with E-state index in [0.29, 0.717) is 19.8 Å². The summed E-state index contributed by atoms with van der Waals surface area (Å²) in [6, 6.07) is 10.7. The summed E-state index contributed by atoms with van der Waals surface area (Å²) in [5, 5.41) is 0. The summed E-state index contributed by atoms with van der Waals surface area (Å²) in [5.41, 5.74) is 3.20. The molecule has 1 N–H and O–H groups in total. The van der Waals surface area contributed by atoms with E-state index >= 15 is 0 Å². The van der Waals surface area contributed by atoms with E-state index in [0.717, 1.165) is 6.61 Å². The second-order valence-electron chi connectivity index (χ2n) is 4.05. The van der Waals surface area contributed by atoms with Crippen LogP contribution in [0.25, 0.3) is 0 Å². The maximum absolute atomic E-state index is 5.31. The van der Waals surface area contributed by atoms with Crippen molar-refractivity contribution in [3.63, 3.8) is 0 Å². The topological polar surface area (TPSA) is 21.3 Å². The molecule has 0 saturated carbocycles. The van der Waals surface area contributed by atoms with Crippen LogP contribution in [0.3, 0.4) is 0 Å². The average molecular weight is 256 g/mol. The van der Waals surface area contributed by atoms with Crippen molar-refractivity contribution in [2.75, 3.05) is 6.61 Å². The number of rotatable bonds is 2. The van der Waals surface area contributed by atoms with Gasteiger partial charge in [0.05, 0.1) is 0 Å². The van der Waals surface area contributed by atoms with Gasteiger partial charge in [-0.25, -0.2) is 0 Å². The molecule has 2 nitrogen and oxygen atoms in total. The van der Waals surface area contributed by atoms with Crippen molar-refractivity contribution >= 4 is 19.4 Å². The molecular weight excluding hydrogens is 241 g/mol. The molecule has 2 rings (SSSR count). The minimum absolute atomic E-state index is 0.121. The van der Waals surface area contributed by atoms with Gasteiger partial charge in [0, 0.05) is 0 Å². The first kappa shape index (κ1) is 10.2. The molecule has 0 bridgehead atoms. The van der Waals surface area contributed by atoms with Crippen LogP contribution in [0.2, 0.25) is 4.82 Å². The van der Waals surface area contributed by atoms with Gasteiger partial charge in [-0.1, -0.05) is 0 Å². The molecule has 1 aromatic carbocycles. The summed E-state index contributed by atoms with van der Waals surface area (Å²) in [7, 11) is 0. The Balaban J connectivity index is 2.05. The van der Waals surface area contributed by atoms with Gasteiger partial charge in [-0.05, 0) is 0 Å². The number of nitrogens with one attached hydrogen (secondary N) is 1. The Morgan fingerprint density at radius 1 is 1.36 bits per heavy atom. The number of hydroxylamine groups is 1. The standard InChI is InChI=1S/C11H15NOSe/c1-11(2)10(8-13-12-11)14-9-6-4-3-5-7-9/h3-7,10,12H,8H2,1-2H3. The van der Waals surface area contributed by atoms with E-state index in [1.54, 1.807) is 0 Å². The fourth-order valence-electron chi connectivity index (χ4n) is 1.42. The summed E-state index contributed by atoms with van der Waals surface area (Å²) in [6.45, 7) is 5.24. The molecule has 1 saturated heterocycles. The van der Waals surface area contributed by atoms with Crippen LogP contribution in [0.5, 0.6) is 0 Å². The van der Waals surface area contributed by atoms with Crippen molar-refractivity contribution in [2.24, 2.45) is 0 Å². The molecule has 0 amide bonds. The molecule has 76 valence electrons. The third-order valence-corrected chi connectivity index (χ3v) is 5.66. The molecule has 1 heterocycles. The van der Waals surface area contributed by atoms with Crippen molar-refractivity contribution < 1.29 is 4.84 Å². The fourth-order valence-corrected chi connectivity index (χ4v) is 3.78. The molecule has 0 spiro atoms. The SMILES string of the molecule is CC1(C)NOCC1[Se]c1ccccc1. The van der Waals surface area contributed by atoms with Crippen molar-refractivity contribution in [1.29, 1.82) is 0 Å². The van der Waals surface area contributed by atoms with E-state index in [9.17, 15) is 0 Å². The minimum atomic E-state index is 0.121. The van der Waals surface area contributed by atoms with Crippen molar-refractivity contribution in [1.82, 2.24) is 5.48 Å². The molecule has 0 aromatic heterocycles. The van der Waals surface area contributed by atoms with Gasteiger partial charge >= 0.3 is 90.9 Å².